The summed E-state index contributed by atoms with van der Waals surface area (Å²) < 4.78 is 0. The van der Waals surface area contributed by atoms with Crippen molar-refractivity contribution in [1.82, 2.24) is 15.0 Å². The molecule has 8 heteroatoms. The van der Waals surface area contributed by atoms with Crippen molar-refractivity contribution in [2.75, 3.05) is 10.6 Å². The van der Waals surface area contributed by atoms with Crippen LogP contribution in [0.15, 0.2) is 197 Å². The van der Waals surface area contributed by atoms with Gasteiger partial charge in [0.2, 0.25) is 0 Å². The number of nitrogen functional groups attached to an aromatic ring is 1. The molecule has 0 fully saturated rings. The third kappa shape index (κ3) is 10.3. The second-order valence-electron chi connectivity index (χ2n) is 16.4. The highest BCUT2D eigenvalue weighted by Gasteiger charge is 2.20. The summed E-state index contributed by atoms with van der Waals surface area (Å²) in [4.78, 5) is 32.1. The molecular formula is C56H52N8. The average Bonchev–Trinajstić information content (AvgIpc) is 3.34. The van der Waals surface area contributed by atoms with Gasteiger partial charge in [-0.3, -0.25) is 4.99 Å². The summed E-state index contributed by atoms with van der Waals surface area (Å²) in [5.41, 5.74) is 18.4. The maximum absolute atomic E-state index is 6.82. The summed E-state index contributed by atoms with van der Waals surface area (Å²) in [7, 11) is 0. The minimum atomic E-state index is 0.309. The van der Waals surface area contributed by atoms with E-state index in [-0.39, 0.29) is 0 Å². The first-order chi connectivity index (χ1) is 31.2. The zero-order valence-electron chi connectivity index (χ0n) is 36.8. The lowest BCUT2D eigenvalue weighted by Crippen LogP contribution is -2.19. The van der Waals surface area contributed by atoms with E-state index in [0.717, 1.165) is 50.3 Å². The minimum absolute atomic E-state index is 0.309. The number of nitrogens with zero attached hydrogens (tertiary/aromatic N) is 7. The number of anilines is 3. The Balaban J connectivity index is 1.32. The van der Waals surface area contributed by atoms with E-state index in [0.29, 0.717) is 59.8 Å². The Labute approximate surface area is 376 Å². The van der Waals surface area contributed by atoms with Gasteiger partial charge >= 0.3 is 0 Å². The lowest BCUT2D eigenvalue weighted by Gasteiger charge is -2.29. The van der Waals surface area contributed by atoms with E-state index in [1.807, 2.05) is 140 Å². The van der Waals surface area contributed by atoms with Crippen LogP contribution in [0.5, 0.6) is 0 Å². The molecule has 1 heterocycles. The number of para-hydroxylation sites is 2. The lowest BCUT2D eigenvalue weighted by atomic mass is 9.94. The number of rotatable bonds is 13. The van der Waals surface area contributed by atoms with E-state index in [2.05, 4.69) is 86.8 Å². The van der Waals surface area contributed by atoms with Gasteiger partial charge in [0, 0.05) is 40.0 Å². The van der Waals surface area contributed by atoms with Crippen molar-refractivity contribution >= 4 is 35.5 Å². The highest BCUT2D eigenvalue weighted by Crippen LogP contribution is 2.37. The molecule has 8 aromatic rings. The summed E-state index contributed by atoms with van der Waals surface area (Å²) in [5.74, 6) is 3.44. The first kappa shape index (κ1) is 42.8. The number of benzene rings is 7. The highest BCUT2D eigenvalue weighted by molar-refractivity contribution is 6.12. The van der Waals surface area contributed by atoms with Gasteiger partial charge in [-0.05, 0) is 77.2 Å². The molecule has 0 saturated heterocycles. The zero-order chi connectivity index (χ0) is 44.4. The van der Waals surface area contributed by atoms with Gasteiger partial charge in [-0.15, -0.1) is 0 Å². The van der Waals surface area contributed by atoms with Crippen molar-refractivity contribution in [2.45, 2.75) is 52.6 Å². The average molecular weight is 837 g/mol. The van der Waals surface area contributed by atoms with Gasteiger partial charge in [0.15, 0.2) is 29.1 Å². The standard InChI is InChI=1S/C56H52N8/c1-38(2)46-33-47(39(3)4)35-49(34-46)64(51-29-19-18-28-50(51)57)37-41-30-40(36-59-53(43-22-12-7-13-23-43)60-52(58-5)42-20-10-6-11-21-42)31-48(32-41)56-62-54(44-24-14-8-15-25-44)61-55(63-56)45-26-16-9-17-27-45/h6-35,38-39H,5,36-37,57H2,1-4H3/b59-53-,60-52-. The van der Waals surface area contributed by atoms with Gasteiger partial charge in [0.1, 0.15) is 0 Å². The molecule has 0 bridgehead atoms. The molecule has 316 valence electrons. The molecule has 0 aliphatic rings. The Kier molecular flexibility index (Phi) is 13.3. The maximum atomic E-state index is 6.82. The molecule has 0 unspecified atom stereocenters. The second kappa shape index (κ2) is 19.9. The maximum Gasteiger partial charge on any atom is 0.164 e. The third-order valence-electron chi connectivity index (χ3n) is 11.0. The summed E-state index contributed by atoms with van der Waals surface area (Å²) in [6.07, 6.45) is 0. The fourth-order valence-corrected chi connectivity index (χ4v) is 7.55. The van der Waals surface area contributed by atoms with Crippen LogP contribution in [0, 0.1) is 0 Å². The highest BCUT2D eigenvalue weighted by atomic mass is 15.1. The van der Waals surface area contributed by atoms with E-state index >= 15 is 0 Å². The van der Waals surface area contributed by atoms with Crippen LogP contribution < -0.4 is 10.6 Å². The molecule has 2 N–H and O–H groups in total. The molecule has 0 saturated carbocycles. The number of nitrogens with two attached hydrogens (primary N) is 1. The molecule has 0 atom stereocenters. The first-order valence-corrected chi connectivity index (χ1v) is 21.7. The summed E-state index contributed by atoms with van der Waals surface area (Å²) in [6, 6.07) is 61.4. The fraction of sp³-hybridized carbons (Fsp3) is 0.143. The van der Waals surface area contributed by atoms with Crippen molar-refractivity contribution < 1.29 is 0 Å². The van der Waals surface area contributed by atoms with Gasteiger partial charge < -0.3 is 10.6 Å². The summed E-state index contributed by atoms with van der Waals surface area (Å²) in [6.45, 7) is 13.6. The molecule has 0 radical (unpaired) electrons. The zero-order valence-corrected chi connectivity index (χ0v) is 36.8. The van der Waals surface area contributed by atoms with E-state index in [1.165, 1.54) is 11.1 Å². The normalized spacial score (nSPS) is 11.8. The monoisotopic (exact) mass is 836 g/mol. The molecular weight excluding hydrogens is 785 g/mol. The topological polar surface area (TPSA) is 105 Å². The molecule has 8 nitrogen and oxygen atoms in total. The van der Waals surface area contributed by atoms with Crippen LogP contribution in [0.4, 0.5) is 17.1 Å². The van der Waals surface area contributed by atoms with Crippen LogP contribution in [0.1, 0.15) is 72.9 Å². The molecule has 64 heavy (non-hydrogen) atoms. The summed E-state index contributed by atoms with van der Waals surface area (Å²) in [5, 5.41) is 0. The Morgan fingerprint density at radius 3 is 1.52 bits per heavy atom. The number of hydrogen-bond donors (Lipinski definition) is 1. The predicted octanol–water partition coefficient (Wildman–Crippen LogP) is 13.1. The fourth-order valence-electron chi connectivity index (χ4n) is 7.55. The number of hydrogen-bond acceptors (Lipinski definition) is 6. The molecule has 8 rings (SSSR count). The predicted molar refractivity (Wildman–Crippen MR) is 267 cm³/mol. The number of amidine groups is 2. The third-order valence-corrected chi connectivity index (χ3v) is 11.0. The lowest BCUT2D eigenvalue weighted by molar-refractivity contribution is 0.829. The van der Waals surface area contributed by atoms with Crippen molar-refractivity contribution in [3.63, 3.8) is 0 Å². The van der Waals surface area contributed by atoms with E-state index in [4.69, 9.17) is 30.7 Å². The number of aromatic nitrogens is 3. The van der Waals surface area contributed by atoms with Gasteiger partial charge in [-0.25, -0.2) is 24.9 Å². The van der Waals surface area contributed by atoms with E-state index in [9.17, 15) is 0 Å². The molecule has 7 aromatic carbocycles. The van der Waals surface area contributed by atoms with Gasteiger partial charge in [0.05, 0.1) is 17.9 Å². The second-order valence-corrected chi connectivity index (χ2v) is 16.4. The van der Waals surface area contributed by atoms with Crippen LogP contribution in [0.25, 0.3) is 34.2 Å². The molecule has 0 aliphatic carbocycles. The molecule has 0 spiro atoms. The Morgan fingerprint density at radius 2 is 1.00 bits per heavy atom. The Hall–Kier alpha value is -7.84. The quantitative estimate of drug-likeness (QED) is 0.0707. The van der Waals surface area contributed by atoms with Crippen LogP contribution in [-0.4, -0.2) is 33.3 Å². The van der Waals surface area contributed by atoms with Gasteiger partial charge in [-0.1, -0.05) is 173 Å². The Morgan fingerprint density at radius 1 is 0.531 bits per heavy atom. The van der Waals surface area contributed by atoms with Crippen molar-refractivity contribution in [1.29, 1.82) is 0 Å². The number of aliphatic imine (C=N–C) groups is 3. The SMILES string of the molecule is C=N/C(=N\C(=N/Cc1cc(CN(c2cc(C(C)C)cc(C(C)C)c2)c2ccccc2N)cc(-c2nc(-c3ccccc3)nc(-c3ccccc3)n2)c1)c1ccccc1)c1ccccc1. The molecule has 0 aliphatic heterocycles. The van der Waals surface area contributed by atoms with Crippen molar-refractivity contribution in [3.8, 4) is 34.2 Å². The van der Waals surface area contributed by atoms with Crippen LogP contribution in [0.2, 0.25) is 0 Å². The van der Waals surface area contributed by atoms with Gasteiger partial charge in [-0.2, -0.15) is 0 Å². The van der Waals surface area contributed by atoms with E-state index < -0.39 is 0 Å². The van der Waals surface area contributed by atoms with Crippen LogP contribution >= 0.6 is 0 Å². The van der Waals surface area contributed by atoms with Crippen LogP contribution in [-0.2, 0) is 13.1 Å². The van der Waals surface area contributed by atoms with Gasteiger partial charge in [0.25, 0.3) is 0 Å². The van der Waals surface area contributed by atoms with Crippen molar-refractivity contribution in [3.05, 3.63) is 215 Å². The Bertz CT molecular complexity index is 2820. The minimum Gasteiger partial charge on any atom is -0.397 e. The molecule has 1 aromatic heterocycles. The largest absolute Gasteiger partial charge is 0.397 e. The van der Waals surface area contributed by atoms with Crippen molar-refractivity contribution in [2.24, 2.45) is 15.0 Å². The smallest absolute Gasteiger partial charge is 0.164 e. The molecule has 0 amide bonds. The van der Waals surface area contributed by atoms with Crippen LogP contribution in [0.3, 0.4) is 0 Å². The van der Waals surface area contributed by atoms with E-state index in [1.54, 1.807) is 0 Å². The summed E-state index contributed by atoms with van der Waals surface area (Å²) >= 11 is 0. The first-order valence-electron chi connectivity index (χ1n) is 21.7.